The summed E-state index contributed by atoms with van der Waals surface area (Å²) in [6.07, 6.45) is 1.62. The number of ether oxygens (including phenoxy) is 1. The predicted octanol–water partition coefficient (Wildman–Crippen LogP) is 2.89. The van der Waals surface area contributed by atoms with E-state index in [1.807, 2.05) is 0 Å². The van der Waals surface area contributed by atoms with Crippen LogP contribution in [0, 0.1) is 12.9 Å². The number of nitrogens with zero attached hydrogens (tertiary/aromatic N) is 4. The van der Waals surface area contributed by atoms with E-state index in [9.17, 15) is 9.18 Å². The molecule has 2 aromatic heterocycles. The zero-order chi connectivity index (χ0) is 19.6. The zero-order valence-corrected chi connectivity index (χ0v) is 16.7. The van der Waals surface area contributed by atoms with Gasteiger partial charge in [-0.1, -0.05) is 16.5 Å². The summed E-state index contributed by atoms with van der Waals surface area (Å²) in [7, 11) is 0. The molecule has 2 aromatic rings. The molecule has 1 N–H and O–H groups in total. The van der Waals surface area contributed by atoms with Gasteiger partial charge in [0, 0.05) is 33.0 Å². The van der Waals surface area contributed by atoms with Crippen LogP contribution in [-0.2, 0) is 22.7 Å². The maximum Gasteiger partial charge on any atom is 0.230 e. The van der Waals surface area contributed by atoms with Crippen molar-refractivity contribution in [2.24, 2.45) is 0 Å². The van der Waals surface area contributed by atoms with E-state index in [1.165, 1.54) is 18.3 Å². The lowest BCUT2D eigenvalue weighted by molar-refractivity contribution is -0.114. The van der Waals surface area contributed by atoms with Crippen molar-refractivity contribution in [1.29, 1.82) is 0 Å². The molecule has 0 saturated carbocycles. The number of carbonyl (C=O) groups is 1. The molecule has 0 aliphatic carbocycles. The minimum atomic E-state index is -0.520. The van der Waals surface area contributed by atoms with E-state index in [1.54, 1.807) is 6.92 Å². The van der Waals surface area contributed by atoms with Gasteiger partial charge in [-0.2, -0.15) is 14.4 Å². The second-order valence-electron chi connectivity index (χ2n) is 7.16. The average Bonchev–Trinajstić information content (AvgIpc) is 3.14. The number of amides is 1. The van der Waals surface area contributed by atoms with E-state index in [0.29, 0.717) is 34.9 Å². The van der Waals surface area contributed by atoms with Gasteiger partial charge in [0.1, 0.15) is 6.61 Å². The van der Waals surface area contributed by atoms with Gasteiger partial charge < -0.3 is 14.6 Å². The summed E-state index contributed by atoms with van der Waals surface area (Å²) >= 11 is 1.18. The Kier molecular flexibility index (Phi) is 5.87. The fourth-order valence-corrected chi connectivity index (χ4v) is 4.19. The molecule has 0 bridgehead atoms. The number of piperidine rings is 1. The highest BCUT2D eigenvalue weighted by Gasteiger charge is 2.36. The molecule has 1 aliphatic rings. The van der Waals surface area contributed by atoms with E-state index in [-0.39, 0.29) is 17.6 Å². The molecule has 148 valence electrons. The van der Waals surface area contributed by atoms with Gasteiger partial charge in [-0.3, -0.25) is 9.69 Å². The van der Waals surface area contributed by atoms with Gasteiger partial charge in [-0.05, 0) is 26.7 Å². The Morgan fingerprint density at radius 2 is 2.30 bits per heavy atom. The highest BCUT2D eigenvalue weighted by Crippen LogP contribution is 2.33. The number of aromatic nitrogens is 3. The summed E-state index contributed by atoms with van der Waals surface area (Å²) in [6, 6.07) is 0.210. The summed E-state index contributed by atoms with van der Waals surface area (Å²) in [6.45, 7) is 8.85. The second kappa shape index (κ2) is 7.99. The molecular weight excluding hydrogens is 373 g/mol. The number of thiazole rings is 1. The van der Waals surface area contributed by atoms with Crippen LogP contribution in [-0.4, -0.2) is 44.1 Å². The molecule has 1 amide bonds. The van der Waals surface area contributed by atoms with Crippen molar-refractivity contribution < 1.29 is 18.4 Å². The first-order chi connectivity index (χ1) is 12.7. The third kappa shape index (κ3) is 5.08. The monoisotopic (exact) mass is 397 g/mol. The molecule has 10 heteroatoms. The molecule has 3 heterocycles. The van der Waals surface area contributed by atoms with Gasteiger partial charge in [0.2, 0.25) is 17.7 Å². The first-order valence-corrected chi connectivity index (χ1v) is 9.66. The van der Waals surface area contributed by atoms with Crippen molar-refractivity contribution in [1.82, 2.24) is 20.0 Å². The van der Waals surface area contributed by atoms with Gasteiger partial charge in [0.15, 0.2) is 11.0 Å². The molecule has 1 fully saturated rings. The number of halogens is 1. The Morgan fingerprint density at radius 1 is 1.52 bits per heavy atom. The molecule has 0 unspecified atom stereocenters. The molecule has 3 rings (SSSR count). The van der Waals surface area contributed by atoms with Crippen molar-refractivity contribution in [3.63, 3.8) is 0 Å². The lowest BCUT2D eigenvalue weighted by atomic mass is 9.88. The van der Waals surface area contributed by atoms with Crippen LogP contribution in [0.5, 0.6) is 0 Å². The molecule has 0 spiro atoms. The fourth-order valence-electron chi connectivity index (χ4n) is 3.28. The first-order valence-electron chi connectivity index (χ1n) is 8.84. The maximum atomic E-state index is 14.1. The summed E-state index contributed by atoms with van der Waals surface area (Å²) < 4.78 is 25.1. The summed E-state index contributed by atoms with van der Waals surface area (Å²) in [5, 5.41) is 6.68. The fraction of sp³-hybridized carbons (Fsp3) is 0.647. The third-order valence-corrected chi connectivity index (χ3v) is 5.61. The maximum absolute atomic E-state index is 14.1. The minimum absolute atomic E-state index is 0.210. The number of likely N-dealkylation sites (tertiary alicyclic amines) is 1. The lowest BCUT2D eigenvalue weighted by Gasteiger charge is -2.43. The third-order valence-electron chi connectivity index (χ3n) is 4.68. The molecule has 1 aliphatic heterocycles. The second-order valence-corrected chi connectivity index (χ2v) is 8.24. The number of hydrogen-bond donors (Lipinski definition) is 1. The average molecular weight is 397 g/mol. The lowest BCUT2D eigenvalue weighted by Crippen LogP contribution is -2.48. The Balaban J connectivity index is 1.56. The van der Waals surface area contributed by atoms with Crippen LogP contribution in [0.1, 0.15) is 50.2 Å². The Morgan fingerprint density at radius 3 is 2.93 bits per heavy atom. The molecule has 27 heavy (non-hydrogen) atoms. The summed E-state index contributed by atoms with van der Waals surface area (Å²) in [5.74, 6) is 0.285. The van der Waals surface area contributed by atoms with Crippen molar-refractivity contribution in [3.05, 3.63) is 22.5 Å². The zero-order valence-electron chi connectivity index (χ0n) is 15.9. The molecule has 0 radical (unpaired) electrons. The van der Waals surface area contributed by atoms with Crippen molar-refractivity contribution >= 4 is 22.4 Å². The van der Waals surface area contributed by atoms with Crippen LogP contribution in [0.3, 0.4) is 0 Å². The van der Waals surface area contributed by atoms with Gasteiger partial charge in [-0.25, -0.2) is 0 Å². The molecular formula is C17H24FN5O3S. The number of rotatable bonds is 6. The normalized spacial score (nSPS) is 23.5. The van der Waals surface area contributed by atoms with Crippen LogP contribution in [0.15, 0.2) is 4.52 Å². The van der Waals surface area contributed by atoms with Crippen molar-refractivity contribution in [2.75, 3.05) is 11.9 Å². The standard InChI is InChI=1S/C17H24FN5O3S/c1-10-7-17(4,25-9-14-20-12(3)26-22-14)5-6-23(10)8-13-15(18)21-16(27-13)19-11(2)24/h10H,5-9H2,1-4H3,(H,19,21,24)/t10-,17+/m1/s1. The Hall–Kier alpha value is -1.91. The number of carbonyl (C=O) groups excluding carboxylic acids is 1. The molecule has 2 atom stereocenters. The van der Waals surface area contributed by atoms with Crippen LogP contribution < -0.4 is 5.32 Å². The SMILES string of the molecule is CC(=O)Nc1nc(F)c(CN2CC[C@](C)(OCc3noc(C)n3)C[C@H]2C)s1. The summed E-state index contributed by atoms with van der Waals surface area (Å²) in [5.41, 5.74) is -0.294. The van der Waals surface area contributed by atoms with E-state index in [4.69, 9.17) is 9.26 Å². The highest BCUT2D eigenvalue weighted by molar-refractivity contribution is 7.15. The molecule has 8 nitrogen and oxygen atoms in total. The topological polar surface area (TPSA) is 93.4 Å². The Labute approximate surface area is 161 Å². The van der Waals surface area contributed by atoms with Gasteiger partial charge in [0.25, 0.3) is 0 Å². The number of nitrogens with one attached hydrogen (secondary N) is 1. The summed E-state index contributed by atoms with van der Waals surface area (Å²) in [4.78, 5) is 21.8. The quantitative estimate of drug-likeness (QED) is 0.801. The van der Waals surface area contributed by atoms with Crippen molar-refractivity contribution in [2.45, 2.75) is 65.3 Å². The largest absolute Gasteiger partial charge is 0.367 e. The predicted molar refractivity (Wildman–Crippen MR) is 97.7 cm³/mol. The van der Waals surface area contributed by atoms with E-state index in [2.05, 4.69) is 39.2 Å². The van der Waals surface area contributed by atoms with E-state index in [0.717, 1.165) is 19.4 Å². The highest BCUT2D eigenvalue weighted by atomic mass is 32.1. The molecule has 0 aromatic carbocycles. The number of anilines is 1. The smallest absolute Gasteiger partial charge is 0.230 e. The van der Waals surface area contributed by atoms with Gasteiger partial charge in [-0.15, -0.1) is 0 Å². The molecule has 1 saturated heterocycles. The Bertz CT molecular complexity index is 810. The van der Waals surface area contributed by atoms with E-state index < -0.39 is 5.95 Å². The number of hydrogen-bond acceptors (Lipinski definition) is 8. The van der Waals surface area contributed by atoms with Crippen LogP contribution in [0.25, 0.3) is 0 Å². The number of aryl methyl sites for hydroxylation is 1. The van der Waals surface area contributed by atoms with Gasteiger partial charge >= 0.3 is 0 Å². The van der Waals surface area contributed by atoms with Gasteiger partial charge in [0.05, 0.1) is 10.5 Å². The van der Waals surface area contributed by atoms with Crippen LogP contribution in [0.2, 0.25) is 0 Å². The van der Waals surface area contributed by atoms with Crippen LogP contribution >= 0.6 is 11.3 Å². The first kappa shape index (κ1) is 19.8. The van der Waals surface area contributed by atoms with Crippen LogP contribution in [0.4, 0.5) is 9.52 Å². The van der Waals surface area contributed by atoms with Crippen molar-refractivity contribution in [3.8, 4) is 0 Å². The van der Waals surface area contributed by atoms with E-state index >= 15 is 0 Å². The minimum Gasteiger partial charge on any atom is -0.367 e.